The molecule has 44 heavy (non-hydrogen) atoms. The normalized spacial score (nSPS) is 16.3. The number of hydrogen-bond acceptors (Lipinski definition) is 7. The number of carbonyl (C=O) groups excluding carboxylic acids is 1. The van der Waals surface area contributed by atoms with E-state index in [9.17, 15) is 4.79 Å². The highest BCUT2D eigenvalue weighted by molar-refractivity contribution is 7.98. The summed E-state index contributed by atoms with van der Waals surface area (Å²) < 4.78 is 14.2. The van der Waals surface area contributed by atoms with Crippen molar-refractivity contribution in [2.24, 2.45) is 0 Å². The Morgan fingerprint density at radius 1 is 1.02 bits per heavy atom. The van der Waals surface area contributed by atoms with E-state index in [1.165, 1.54) is 17.3 Å². The van der Waals surface area contributed by atoms with Crippen molar-refractivity contribution < 1.29 is 14.3 Å². The SMILES string of the molecule is CCOc1cc(C2C3=C(CCCC3=O)Nc3nc(SCc4ccccc4Cl)nn32)ccc1OCc1ccc(C(C)(C)C)cc1. The van der Waals surface area contributed by atoms with Gasteiger partial charge >= 0.3 is 0 Å². The van der Waals surface area contributed by atoms with Crippen LogP contribution in [0.25, 0.3) is 0 Å². The molecule has 6 rings (SSSR count). The predicted octanol–water partition coefficient (Wildman–Crippen LogP) is 8.52. The topological polar surface area (TPSA) is 78.3 Å². The molecule has 0 amide bonds. The number of ketones is 1. The number of allylic oxidation sites excluding steroid dienone is 2. The van der Waals surface area contributed by atoms with E-state index < -0.39 is 6.04 Å². The maximum atomic E-state index is 13.4. The van der Waals surface area contributed by atoms with Crippen molar-refractivity contribution in [3.8, 4) is 11.5 Å². The lowest BCUT2D eigenvalue weighted by atomic mass is 9.85. The summed E-state index contributed by atoms with van der Waals surface area (Å²) in [5.74, 6) is 2.69. The molecule has 1 aliphatic heterocycles. The van der Waals surface area contributed by atoms with Gasteiger partial charge in [-0.2, -0.15) is 4.98 Å². The molecule has 4 aromatic rings. The third-order valence-electron chi connectivity index (χ3n) is 7.96. The summed E-state index contributed by atoms with van der Waals surface area (Å²) >= 11 is 7.91. The van der Waals surface area contributed by atoms with Gasteiger partial charge in [0.25, 0.3) is 0 Å². The zero-order valence-corrected chi connectivity index (χ0v) is 27.1. The molecule has 228 valence electrons. The Morgan fingerprint density at radius 2 is 1.82 bits per heavy atom. The van der Waals surface area contributed by atoms with Gasteiger partial charge in [0.1, 0.15) is 12.6 Å². The monoisotopic (exact) mass is 628 g/mol. The van der Waals surface area contributed by atoms with Crippen molar-refractivity contribution in [2.75, 3.05) is 11.9 Å². The summed E-state index contributed by atoms with van der Waals surface area (Å²) in [5.41, 5.74) is 6.04. The second kappa shape index (κ2) is 12.7. The van der Waals surface area contributed by atoms with Crippen LogP contribution in [0.2, 0.25) is 5.02 Å². The highest BCUT2D eigenvalue weighted by Gasteiger charge is 2.37. The molecule has 2 aliphatic rings. The number of Topliss-reactive ketones (excluding diaryl/α,β-unsaturated/α-hetero) is 1. The number of fused-ring (bicyclic) bond motifs is 1. The molecule has 3 aromatic carbocycles. The summed E-state index contributed by atoms with van der Waals surface area (Å²) in [5, 5.41) is 9.63. The molecule has 1 atom stereocenters. The molecule has 0 saturated carbocycles. The van der Waals surface area contributed by atoms with E-state index in [2.05, 4.69) is 50.4 Å². The van der Waals surface area contributed by atoms with Gasteiger partial charge in [-0.1, -0.05) is 92.7 Å². The number of benzene rings is 3. The van der Waals surface area contributed by atoms with Crippen LogP contribution >= 0.6 is 23.4 Å². The van der Waals surface area contributed by atoms with Gasteiger partial charge in [-0.15, -0.1) is 5.10 Å². The number of thioether (sulfide) groups is 1. The highest BCUT2D eigenvalue weighted by atomic mass is 35.5. The Bertz CT molecular complexity index is 1710. The van der Waals surface area contributed by atoms with E-state index in [4.69, 9.17) is 31.2 Å². The molecule has 2 heterocycles. The van der Waals surface area contributed by atoms with Gasteiger partial charge in [-0.05, 0) is 65.6 Å². The molecule has 0 spiro atoms. The van der Waals surface area contributed by atoms with Crippen LogP contribution in [-0.4, -0.2) is 27.2 Å². The van der Waals surface area contributed by atoms with Crippen LogP contribution < -0.4 is 14.8 Å². The van der Waals surface area contributed by atoms with Gasteiger partial charge in [0, 0.05) is 28.5 Å². The van der Waals surface area contributed by atoms with Gasteiger partial charge in [0.05, 0.1) is 6.61 Å². The van der Waals surface area contributed by atoms with Gasteiger partial charge in [0.2, 0.25) is 11.1 Å². The number of nitrogens with zero attached hydrogens (tertiary/aromatic N) is 3. The molecule has 0 radical (unpaired) electrons. The highest BCUT2D eigenvalue weighted by Crippen LogP contribution is 2.43. The third kappa shape index (κ3) is 6.37. The van der Waals surface area contributed by atoms with E-state index in [1.807, 2.05) is 54.1 Å². The summed E-state index contributed by atoms with van der Waals surface area (Å²) in [6, 6.07) is 21.8. The molecule has 0 bridgehead atoms. The lowest BCUT2D eigenvalue weighted by molar-refractivity contribution is -0.116. The molecule has 1 aromatic heterocycles. The van der Waals surface area contributed by atoms with E-state index in [1.54, 1.807) is 0 Å². The maximum absolute atomic E-state index is 13.4. The fourth-order valence-corrected chi connectivity index (χ4v) is 6.72. The first kappa shape index (κ1) is 30.3. The van der Waals surface area contributed by atoms with Gasteiger partial charge < -0.3 is 14.8 Å². The molecule has 1 N–H and O–H groups in total. The number of hydrogen-bond donors (Lipinski definition) is 1. The fraction of sp³-hybridized carbons (Fsp3) is 0.343. The molecular weight excluding hydrogens is 592 g/mol. The van der Waals surface area contributed by atoms with Crippen molar-refractivity contribution in [3.05, 3.63) is 105 Å². The molecule has 1 aliphatic carbocycles. The lowest BCUT2D eigenvalue weighted by Gasteiger charge is -2.32. The van der Waals surface area contributed by atoms with Crippen LogP contribution in [0, 0.1) is 0 Å². The summed E-state index contributed by atoms with van der Waals surface area (Å²) in [6.07, 6.45) is 2.12. The Hall–Kier alpha value is -3.75. The van der Waals surface area contributed by atoms with Crippen LogP contribution in [-0.2, 0) is 22.6 Å². The fourth-order valence-electron chi connectivity index (χ4n) is 5.61. The van der Waals surface area contributed by atoms with E-state index in [0.29, 0.717) is 48.0 Å². The zero-order chi connectivity index (χ0) is 30.8. The average Bonchev–Trinajstić information content (AvgIpc) is 3.41. The summed E-state index contributed by atoms with van der Waals surface area (Å²) in [6.45, 7) is 9.48. The van der Waals surface area contributed by atoms with E-state index >= 15 is 0 Å². The third-order valence-corrected chi connectivity index (χ3v) is 9.22. The van der Waals surface area contributed by atoms with Gasteiger partial charge in [-0.3, -0.25) is 4.79 Å². The molecule has 7 nitrogen and oxygen atoms in total. The van der Waals surface area contributed by atoms with Crippen molar-refractivity contribution in [1.29, 1.82) is 0 Å². The Morgan fingerprint density at radius 3 is 2.57 bits per heavy atom. The largest absolute Gasteiger partial charge is 0.490 e. The number of ether oxygens (including phenoxy) is 2. The van der Waals surface area contributed by atoms with Crippen molar-refractivity contribution in [3.63, 3.8) is 0 Å². The number of carbonyl (C=O) groups is 1. The first-order valence-electron chi connectivity index (χ1n) is 15.1. The van der Waals surface area contributed by atoms with Crippen molar-refractivity contribution in [2.45, 2.75) is 75.9 Å². The summed E-state index contributed by atoms with van der Waals surface area (Å²) in [4.78, 5) is 18.2. The second-order valence-corrected chi connectivity index (χ2v) is 13.5. The minimum Gasteiger partial charge on any atom is -0.490 e. The smallest absolute Gasteiger partial charge is 0.227 e. The zero-order valence-electron chi connectivity index (χ0n) is 25.5. The van der Waals surface area contributed by atoms with Crippen molar-refractivity contribution in [1.82, 2.24) is 14.8 Å². The molecule has 0 fully saturated rings. The Balaban J connectivity index is 1.29. The van der Waals surface area contributed by atoms with Gasteiger partial charge in [0.15, 0.2) is 17.3 Å². The second-order valence-electron chi connectivity index (χ2n) is 12.1. The van der Waals surface area contributed by atoms with E-state index in [-0.39, 0.29) is 11.2 Å². The lowest BCUT2D eigenvalue weighted by Crippen LogP contribution is -2.31. The molecule has 1 unspecified atom stereocenters. The molecule has 0 saturated heterocycles. The molecular formula is C35H37ClN4O3S. The Kier molecular flexibility index (Phi) is 8.74. The van der Waals surface area contributed by atoms with E-state index in [0.717, 1.165) is 45.8 Å². The number of aromatic nitrogens is 3. The summed E-state index contributed by atoms with van der Waals surface area (Å²) in [7, 11) is 0. The number of nitrogens with one attached hydrogen (secondary N) is 1. The number of rotatable bonds is 9. The minimum absolute atomic E-state index is 0.0973. The van der Waals surface area contributed by atoms with Crippen LogP contribution in [0.15, 0.2) is 83.2 Å². The maximum Gasteiger partial charge on any atom is 0.227 e. The minimum atomic E-state index is -0.422. The van der Waals surface area contributed by atoms with Crippen LogP contribution in [0.5, 0.6) is 11.5 Å². The predicted molar refractivity (Wildman–Crippen MR) is 176 cm³/mol. The Labute approximate surface area is 268 Å². The van der Waals surface area contributed by atoms with Crippen molar-refractivity contribution >= 4 is 35.1 Å². The molecule has 9 heteroatoms. The van der Waals surface area contributed by atoms with Crippen LogP contribution in [0.4, 0.5) is 5.95 Å². The first-order chi connectivity index (χ1) is 21.2. The van der Waals surface area contributed by atoms with Crippen LogP contribution in [0.1, 0.15) is 75.3 Å². The van der Waals surface area contributed by atoms with Crippen LogP contribution in [0.3, 0.4) is 0 Å². The average molecular weight is 629 g/mol. The first-order valence-corrected chi connectivity index (χ1v) is 16.4. The number of anilines is 1. The quantitative estimate of drug-likeness (QED) is 0.186. The number of halogens is 1. The standard InChI is InChI=1S/C35H37ClN4O3S/c1-5-42-30-19-23(15-18-29(30)43-20-22-13-16-25(17-14-22)35(2,3)4)32-31-27(11-8-12-28(31)41)37-33-38-34(39-40(32)33)44-21-24-9-6-7-10-26(24)36/h6-7,9-10,13-19,32H,5,8,11-12,20-21H2,1-4H3,(H,37,38,39). The van der Waals surface area contributed by atoms with Gasteiger partial charge in [-0.25, -0.2) is 4.68 Å².